The van der Waals surface area contributed by atoms with Crippen LogP contribution in [0.1, 0.15) is 37.0 Å². The quantitative estimate of drug-likeness (QED) is 0.597. The van der Waals surface area contributed by atoms with Crippen LogP contribution in [0.4, 0.5) is 0 Å². The molecule has 2 aromatic rings. The Hall–Kier alpha value is -2.38. The summed E-state index contributed by atoms with van der Waals surface area (Å²) in [6, 6.07) is 7.18. The molecule has 7 heteroatoms. The number of ether oxygens (including phenoxy) is 2. The summed E-state index contributed by atoms with van der Waals surface area (Å²) in [4.78, 5) is 12.3. The predicted octanol–water partition coefficient (Wildman–Crippen LogP) is 2.32. The fraction of sp³-hybridized carbons (Fsp3) is 0.500. The molecule has 27 heavy (non-hydrogen) atoms. The Labute approximate surface area is 159 Å². The Kier molecular flexibility index (Phi) is 6.13. The summed E-state index contributed by atoms with van der Waals surface area (Å²) in [6.45, 7) is 5.57. The molecular weight excluding hydrogens is 344 g/mol. The first-order chi connectivity index (χ1) is 13.0. The zero-order valence-corrected chi connectivity index (χ0v) is 16.1. The van der Waals surface area contributed by atoms with E-state index >= 15 is 0 Å². The molecule has 2 heterocycles. The standard InChI is InChI=1S/C20H28N4O3/c1-13(2)26-20(25)15-4-5-18(16(12-15)17-8-11-23-24(17)3)27-19(21)14-6-9-22-10-7-14/h4-5,8,11-14,19,22H,6-7,9-10,21H2,1-3H3. The third-order valence-electron chi connectivity index (χ3n) is 4.77. The van der Waals surface area contributed by atoms with Gasteiger partial charge in [0.1, 0.15) is 5.75 Å². The van der Waals surface area contributed by atoms with Gasteiger partial charge in [-0.05, 0) is 64.0 Å². The minimum atomic E-state index is -0.396. The number of aromatic nitrogens is 2. The highest BCUT2D eigenvalue weighted by Crippen LogP contribution is 2.32. The number of nitrogens with two attached hydrogens (primary N) is 1. The van der Waals surface area contributed by atoms with Gasteiger partial charge in [0.15, 0.2) is 6.23 Å². The number of hydrogen-bond donors (Lipinski definition) is 2. The zero-order valence-electron chi connectivity index (χ0n) is 16.1. The van der Waals surface area contributed by atoms with E-state index in [-0.39, 0.29) is 12.1 Å². The fourth-order valence-corrected chi connectivity index (χ4v) is 3.30. The summed E-state index contributed by atoms with van der Waals surface area (Å²) in [5.41, 5.74) is 8.44. The monoisotopic (exact) mass is 372 g/mol. The van der Waals surface area contributed by atoms with Crippen LogP contribution in [-0.2, 0) is 11.8 Å². The first kappa shape index (κ1) is 19.4. The number of benzene rings is 1. The Bertz CT molecular complexity index is 781. The van der Waals surface area contributed by atoms with Crippen molar-refractivity contribution in [1.82, 2.24) is 15.1 Å². The van der Waals surface area contributed by atoms with Crippen LogP contribution in [0.5, 0.6) is 5.75 Å². The van der Waals surface area contributed by atoms with Crippen LogP contribution < -0.4 is 15.8 Å². The summed E-state index contributed by atoms with van der Waals surface area (Å²) < 4.78 is 13.2. The lowest BCUT2D eigenvalue weighted by Crippen LogP contribution is -2.42. The first-order valence-corrected chi connectivity index (χ1v) is 9.42. The maximum Gasteiger partial charge on any atom is 0.338 e. The number of rotatable bonds is 6. The average Bonchev–Trinajstić information content (AvgIpc) is 3.08. The topological polar surface area (TPSA) is 91.4 Å². The zero-order chi connectivity index (χ0) is 19.4. The molecule has 0 bridgehead atoms. The maximum atomic E-state index is 12.3. The van der Waals surface area contributed by atoms with Gasteiger partial charge < -0.3 is 14.8 Å². The Balaban J connectivity index is 1.90. The van der Waals surface area contributed by atoms with E-state index in [1.807, 2.05) is 27.0 Å². The van der Waals surface area contributed by atoms with Gasteiger partial charge >= 0.3 is 5.97 Å². The van der Waals surface area contributed by atoms with E-state index in [1.165, 1.54) is 0 Å². The van der Waals surface area contributed by atoms with E-state index < -0.39 is 6.23 Å². The van der Waals surface area contributed by atoms with Crippen LogP contribution >= 0.6 is 0 Å². The van der Waals surface area contributed by atoms with Crippen molar-refractivity contribution in [2.24, 2.45) is 18.7 Å². The molecule has 3 rings (SSSR count). The van der Waals surface area contributed by atoms with Crippen molar-refractivity contribution in [2.45, 2.75) is 39.0 Å². The van der Waals surface area contributed by atoms with Gasteiger partial charge in [-0.15, -0.1) is 0 Å². The van der Waals surface area contributed by atoms with Gasteiger partial charge in [-0.25, -0.2) is 4.79 Å². The van der Waals surface area contributed by atoms with Crippen LogP contribution in [0.2, 0.25) is 0 Å². The lowest BCUT2D eigenvalue weighted by molar-refractivity contribution is 0.0378. The predicted molar refractivity (Wildman–Crippen MR) is 103 cm³/mol. The largest absolute Gasteiger partial charge is 0.475 e. The van der Waals surface area contributed by atoms with E-state index in [1.54, 1.807) is 29.1 Å². The maximum absolute atomic E-state index is 12.3. The molecule has 0 spiro atoms. The highest BCUT2D eigenvalue weighted by atomic mass is 16.5. The SMILES string of the molecule is CC(C)OC(=O)c1ccc(OC(N)C2CCNCC2)c(-c2ccnn2C)c1. The molecule has 1 aromatic heterocycles. The van der Waals surface area contributed by atoms with Crippen molar-refractivity contribution in [3.63, 3.8) is 0 Å². The first-order valence-electron chi connectivity index (χ1n) is 9.42. The van der Waals surface area contributed by atoms with Gasteiger partial charge in [0.05, 0.1) is 17.4 Å². The number of nitrogens with zero attached hydrogens (tertiary/aromatic N) is 2. The van der Waals surface area contributed by atoms with Gasteiger partial charge in [-0.3, -0.25) is 10.4 Å². The summed E-state index contributed by atoms with van der Waals surface area (Å²) in [5, 5.41) is 7.57. The van der Waals surface area contributed by atoms with Gasteiger partial charge in [0.25, 0.3) is 0 Å². The lowest BCUT2D eigenvalue weighted by Gasteiger charge is -2.29. The van der Waals surface area contributed by atoms with Crippen molar-refractivity contribution >= 4 is 5.97 Å². The van der Waals surface area contributed by atoms with Crippen LogP contribution in [0.15, 0.2) is 30.5 Å². The number of hydrogen-bond acceptors (Lipinski definition) is 6. The summed E-state index contributed by atoms with van der Waals surface area (Å²) in [6.07, 6.45) is 3.11. The highest BCUT2D eigenvalue weighted by molar-refractivity contribution is 5.91. The van der Waals surface area contributed by atoms with Gasteiger partial charge in [-0.2, -0.15) is 5.10 Å². The minimum absolute atomic E-state index is 0.179. The molecule has 1 aliphatic heterocycles. The molecule has 1 aromatic carbocycles. The summed E-state index contributed by atoms with van der Waals surface area (Å²) in [7, 11) is 1.85. The molecule has 7 nitrogen and oxygen atoms in total. The van der Waals surface area contributed by atoms with E-state index in [0.29, 0.717) is 17.2 Å². The third-order valence-corrected chi connectivity index (χ3v) is 4.77. The Morgan fingerprint density at radius 3 is 2.67 bits per heavy atom. The van der Waals surface area contributed by atoms with E-state index in [0.717, 1.165) is 37.2 Å². The normalized spacial score (nSPS) is 16.3. The fourth-order valence-electron chi connectivity index (χ4n) is 3.30. The molecule has 0 saturated carbocycles. The Morgan fingerprint density at radius 1 is 1.30 bits per heavy atom. The number of piperidine rings is 1. The number of nitrogens with one attached hydrogen (secondary N) is 1. The minimum Gasteiger partial charge on any atom is -0.475 e. The van der Waals surface area contributed by atoms with Crippen molar-refractivity contribution in [3.05, 3.63) is 36.0 Å². The molecule has 3 N–H and O–H groups in total. The molecule has 1 saturated heterocycles. The van der Waals surface area contributed by atoms with Crippen molar-refractivity contribution in [2.75, 3.05) is 13.1 Å². The van der Waals surface area contributed by atoms with E-state index in [9.17, 15) is 4.79 Å². The van der Waals surface area contributed by atoms with Crippen LogP contribution in [0.25, 0.3) is 11.3 Å². The number of esters is 1. The number of carbonyl (C=O) groups excluding carboxylic acids is 1. The van der Waals surface area contributed by atoms with Crippen molar-refractivity contribution in [1.29, 1.82) is 0 Å². The second-order valence-electron chi connectivity index (χ2n) is 7.17. The second-order valence-corrected chi connectivity index (χ2v) is 7.17. The number of aryl methyl sites for hydroxylation is 1. The molecular formula is C20H28N4O3. The molecule has 1 atom stereocenters. The molecule has 1 unspecified atom stereocenters. The summed E-state index contributed by atoms with van der Waals surface area (Å²) >= 11 is 0. The highest BCUT2D eigenvalue weighted by Gasteiger charge is 2.24. The molecule has 0 radical (unpaired) electrons. The van der Waals surface area contributed by atoms with Gasteiger partial charge in [0, 0.05) is 24.7 Å². The van der Waals surface area contributed by atoms with Crippen LogP contribution in [-0.4, -0.2) is 41.2 Å². The van der Waals surface area contributed by atoms with Crippen LogP contribution in [0.3, 0.4) is 0 Å². The second kappa shape index (κ2) is 8.54. The molecule has 0 amide bonds. The van der Waals surface area contributed by atoms with Gasteiger partial charge in [-0.1, -0.05) is 0 Å². The van der Waals surface area contributed by atoms with E-state index in [4.69, 9.17) is 15.2 Å². The van der Waals surface area contributed by atoms with Crippen molar-refractivity contribution < 1.29 is 14.3 Å². The van der Waals surface area contributed by atoms with Gasteiger partial charge in [0.2, 0.25) is 0 Å². The van der Waals surface area contributed by atoms with Crippen LogP contribution in [0, 0.1) is 5.92 Å². The molecule has 146 valence electrons. The lowest BCUT2D eigenvalue weighted by atomic mass is 9.96. The third kappa shape index (κ3) is 4.67. The summed E-state index contributed by atoms with van der Waals surface area (Å²) in [5.74, 6) is 0.588. The van der Waals surface area contributed by atoms with E-state index in [2.05, 4.69) is 10.4 Å². The smallest absolute Gasteiger partial charge is 0.338 e. The van der Waals surface area contributed by atoms with Crippen molar-refractivity contribution in [3.8, 4) is 17.0 Å². The molecule has 1 aliphatic rings. The molecule has 0 aliphatic carbocycles. The molecule has 1 fully saturated rings. The Morgan fingerprint density at radius 2 is 2.04 bits per heavy atom. The average molecular weight is 372 g/mol. The number of carbonyl (C=O) groups is 1.